The summed E-state index contributed by atoms with van der Waals surface area (Å²) in [6, 6.07) is 0.548. The van der Waals surface area contributed by atoms with Gasteiger partial charge in [0.25, 0.3) is 0 Å². The van der Waals surface area contributed by atoms with E-state index in [0.717, 1.165) is 0 Å². The van der Waals surface area contributed by atoms with Gasteiger partial charge in [0.05, 0.1) is 2.74 Å². The average molecular weight is 90.2 g/mol. The van der Waals surface area contributed by atoms with Crippen LogP contribution in [0.1, 0.15) is 30.8 Å². The van der Waals surface area contributed by atoms with Crippen LogP contribution < -0.4 is 0 Å². The van der Waals surface area contributed by atoms with E-state index in [-0.39, 0.29) is 18.5 Å². The summed E-state index contributed by atoms with van der Waals surface area (Å²) in [5.74, 6) is 0. The lowest BCUT2D eigenvalue weighted by atomic mass is 10.3. The lowest BCUT2D eigenvalue weighted by Gasteiger charge is -1.76. The molecule has 0 aromatic rings. The molecule has 0 bridgehead atoms. The van der Waals surface area contributed by atoms with Gasteiger partial charge in [0, 0.05) is 1.37 Å². The Morgan fingerprint density at radius 1 is 2.00 bits per heavy atom. The van der Waals surface area contributed by atoms with Crippen LogP contribution in [0.5, 0.6) is 0 Å². The molecule has 0 aliphatic heterocycles. The number of hydrogen-bond acceptors (Lipinski definition) is 0. The average Bonchev–Trinajstić information content (AvgIpc) is 1.63. The monoisotopic (exact) mass is 90.1 g/mol. The Hall–Kier alpha value is -0.260. The van der Waals surface area contributed by atoms with Gasteiger partial charge >= 0.3 is 0 Å². The van der Waals surface area contributed by atoms with E-state index in [2.05, 4.69) is 0 Å². The van der Waals surface area contributed by atoms with Crippen molar-refractivity contribution in [3.63, 3.8) is 0 Å². The minimum Gasteiger partial charge on any atom is -0.0917 e. The van der Waals surface area contributed by atoms with Crippen molar-refractivity contribution in [3.8, 4) is 0 Å². The van der Waals surface area contributed by atoms with Crippen molar-refractivity contribution in [1.82, 2.24) is 0 Å². The molecule has 0 aliphatic carbocycles. The van der Waals surface area contributed by atoms with Gasteiger partial charge in [0.1, 0.15) is 0 Å². The Kier molecular flexibility index (Phi) is 1.70. The highest BCUT2D eigenvalue weighted by Gasteiger charge is 1.64. The van der Waals surface area contributed by atoms with Crippen LogP contribution in [0.15, 0.2) is 12.1 Å². The second-order valence-electron chi connectivity index (χ2n) is 1.04. The Bertz CT molecular complexity index is 111. The smallest absolute Gasteiger partial charge is 0.0572 e. The van der Waals surface area contributed by atoms with Gasteiger partial charge in [-0.15, -0.1) is 0 Å². The molecule has 0 aromatic carbocycles. The van der Waals surface area contributed by atoms with Gasteiger partial charge in [0.15, 0.2) is 0 Å². The Labute approximate surface area is 44.1 Å². The van der Waals surface area contributed by atoms with Gasteiger partial charge in [-0.3, -0.25) is 0 Å². The molecule has 0 radical (unpaired) electrons. The van der Waals surface area contributed by atoms with E-state index in [9.17, 15) is 0 Å². The quantitative estimate of drug-likeness (QED) is 0.456. The van der Waals surface area contributed by atoms with E-state index in [0.29, 0.717) is 6.42 Å². The predicted molar refractivity (Wildman–Crippen MR) is 29.7 cm³/mol. The standard InChI is InChI=1S/C6H12/c1-3-5-6-4-2/h3,5H,4,6H2,1-2H3/b5-3+/i3T,4T,5T. The van der Waals surface area contributed by atoms with Crippen molar-refractivity contribution < 1.29 is 4.11 Å². The third-order valence-electron chi connectivity index (χ3n) is 0.483. The van der Waals surface area contributed by atoms with Crippen LogP contribution in [0.2, 0.25) is 0 Å². The molecule has 0 aliphatic rings. The van der Waals surface area contributed by atoms with Crippen molar-refractivity contribution in [2.24, 2.45) is 0 Å². The Morgan fingerprint density at radius 2 is 2.67 bits per heavy atom. The van der Waals surface area contributed by atoms with E-state index in [1.165, 1.54) is 0 Å². The summed E-state index contributed by atoms with van der Waals surface area (Å²) in [4.78, 5) is 0. The van der Waals surface area contributed by atoms with Crippen molar-refractivity contribution in [1.29, 1.82) is 0 Å². The summed E-state index contributed by atoms with van der Waals surface area (Å²) in [7, 11) is 0. The van der Waals surface area contributed by atoms with Crippen LogP contribution in [0.3, 0.4) is 0 Å². The molecule has 1 unspecified atom stereocenters. The van der Waals surface area contributed by atoms with Crippen molar-refractivity contribution in [2.45, 2.75) is 26.7 Å². The van der Waals surface area contributed by atoms with Crippen molar-refractivity contribution >= 4 is 0 Å². The summed E-state index contributed by atoms with van der Waals surface area (Å²) in [6.45, 7) is 3.29. The van der Waals surface area contributed by atoms with Crippen molar-refractivity contribution in [2.75, 3.05) is 0 Å². The summed E-state index contributed by atoms with van der Waals surface area (Å²) in [5, 5.41) is 0. The van der Waals surface area contributed by atoms with E-state index in [1.54, 1.807) is 13.8 Å². The zero-order chi connectivity index (χ0) is 7.44. The highest BCUT2D eigenvalue weighted by atomic mass is 13.7. The molecule has 1 atom stereocenters. The van der Waals surface area contributed by atoms with Crippen molar-refractivity contribution in [3.05, 3.63) is 12.1 Å². The molecule has 6 heavy (non-hydrogen) atoms. The molecule has 0 amide bonds. The maximum Gasteiger partial charge on any atom is 0.0572 e. The molecule has 0 aromatic heterocycles. The minimum absolute atomic E-state index is 0.252. The van der Waals surface area contributed by atoms with E-state index >= 15 is 0 Å². The van der Waals surface area contributed by atoms with Crippen LogP contribution in [0.25, 0.3) is 0 Å². The SMILES string of the molecule is [3H]/C(C)=C(/[3H])CC([3H])C. The Morgan fingerprint density at radius 3 is 2.83 bits per heavy atom. The third kappa shape index (κ3) is 3.74. The lowest BCUT2D eigenvalue weighted by molar-refractivity contribution is 0.957. The second-order valence-corrected chi connectivity index (χ2v) is 1.04. The predicted octanol–water partition coefficient (Wildman–Crippen LogP) is 2.36. The molecule has 0 fully saturated rings. The van der Waals surface area contributed by atoms with Gasteiger partial charge in [-0.25, -0.2) is 0 Å². The fraction of sp³-hybridized carbons (Fsp3) is 0.667. The molecular formula is C6H12. The molecule has 36 valence electrons. The first-order valence-electron chi connectivity index (χ1n) is 3.67. The summed E-state index contributed by atoms with van der Waals surface area (Å²) in [6.07, 6.45) is 0.146. The van der Waals surface area contributed by atoms with Crippen LogP contribution in [-0.4, -0.2) is 0 Å². The topological polar surface area (TPSA) is 0 Å². The molecule has 0 saturated heterocycles. The second kappa shape index (κ2) is 4.74. The fourth-order valence-electron chi connectivity index (χ4n) is 0.204. The fourth-order valence-corrected chi connectivity index (χ4v) is 0.204. The van der Waals surface area contributed by atoms with Gasteiger partial charge in [-0.05, 0) is 13.3 Å². The van der Waals surface area contributed by atoms with Gasteiger partial charge in [0.2, 0.25) is 0 Å². The van der Waals surface area contributed by atoms with E-state index < -0.39 is 0 Å². The first-order valence-corrected chi connectivity index (χ1v) is 2.09. The summed E-state index contributed by atoms with van der Waals surface area (Å²) < 4.78 is 21.2. The Balaban J connectivity index is 3.77. The van der Waals surface area contributed by atoms with Crippen LogP contribution >= 0.6 is 0 Å². The first-order chi connectivity index (χ1) is 4.04. The maximum atomic E-state index is 7.13. The molecule has 0 spiro atoms. The molecule has 0 heteroatoms. The molecule has 0 nitrogen and oxygen atoms in total. The zero-order valence-electron chi connectivity index (χ0n) is 7.28. The molecule has 0 N–H and O–H groups in total. The maximum absolute atomic E-state index is 7.13. The number of rotatable bonds is 2. The van der Waals surface area contributed by atoms with Crippen LogP contribution in [0, 0.1) is 0 Å². The normalized spacial score (nSPS) is 26.0. The van der Waals surface area contributed by atoms with E-state index in [4.69, 9.17) is 4.11 Å². The number of allylic oxidation sites excluding steroid dienone is 2. The van der Waals surface area contributed by atoms with Crippen LogP contribution in [0.4, 0.5) is 0 Å². The largest absolute Gasteiger partial charge is 0.0917 e. The van der Waals surface area contributed by atoms with Gasteiger partial charge in [-0.1, -0.05) is 25.4 Å². The molecule has 0 rings (SSSR count). The molecular weight excluding hydrogens is 72.1 g/mol. The van der Waals surface area contributed by atoms with Gasteiger partial charge in [-0.2, -0.15) is 0 Å². The third-order valence-corrected chi connectivity index (χ3v) is 0.483. The first kappa shape index (κ1) is 2.15. The zero-order valence-corrected chi connectivity index (χ0v) is 4.28. The van der Waals surface area contributed by atoms with Crippen LogP contribution in [-0.2, 0) is 0 Å². The highest BCUT2D eigenvalue weighted by Crippen LogP contribution is 1.85. The molecule has 0 heterocycles. The summed E-state index contributed by atoms with van der Waals surface area (Å²) >= 11 is 0. The summed E-state index contributed by atoms with van der Waals surface area (Å²) in [5.41, 5.74) is 0. The lowest BCUT2D eigenvalue weighted by Crippen LogP contribution is -1.55. The van der Waals surface area contributed by atoms with E-state index in [1.807, 2.05) is 0 Å². The van der Waals surface area contributed by atoms with Gasteiger partial charge < -0.3 is 0 Å². The number of hydrogen-bond donors (Lipinski definition) is 0. The highest BCUT2D eigenvalue weighted by molar-refractivity contribution is 4.75. The minimum atomic E-state index is -0.252. The molecule has 0 saturated carbocycles.